The molecule has 1 rings (SSSR count). The van der Waals surface area contributed by atoms with Crippen LogP contribution in [-0.4, -0.2) is 13.2 Å². The maximum Gasteiger partial charge on any atom is 0.166 e. The molecule has 4 heteroatoms. The SMILES string of the molecule is CCOc1c(F)cc(Br)cc1C(C)CN. The van der Waals surface area contributed by atoms with Crippen LogP contribution in [0.2, 0.25) is 0 Å². The molecule has 0 heterocycles. The van der Waals surface area contributed by atoms with Crippen molar-refractivity contribution in [1.29, 1.82) is 0 Å². The highest BCUT2D eigenvalue weighted by molar-refractivity contribution is 9.10. The van der Waals surface area contributed by atoms with Gasteiger partial charge >= 0.3 is 0 Å². The Balaban J connectivity index is 3.20. The van der Waals surface area contributed by atoms with Crippen LogP contribution < -0.4 is 10.5 Å². The first-order valence-electron chi connectivity index (χ1n) is 4.92. The van der Waals surface area contributed by atoms with Crippen LogP contribution in [0.3, 0.4) is 0 Å². The minimum atomic E-state index is -0.346. The van der Waals surface area contributed by atoms with E-state index < -0.39 is 0 Å². The first-order chi connectivity index (χ1) is 7.10. The van der Waals surface area contributed by atoms with E-state index in [1.807, 2.05) is 19.9 Å². The number of nitrogens with two attached hydrogens (primary N) is 1. The summed E-state index contributed by atoms with van der Waals surface area (Å²) in [6.07, 6.45) is 0. The lowest BCUT2D eigenvalue weighted by Gasteiger charge is -2.16. The third kappa shape index (κ3) is 2.92. The van der Waals surface area contributed by atoms with Crippen molar-refractivity contribution in [3.05, 3.63) is 28.0 Å². The topological polar surface area (TPSA) is 35.2 Å². The van der Waals surface area contributed by atoms with Gasteiger partial charge in [0.15, 0.2) is 11.6 Å². The van der Waals surface area contributed by atoms with Crippen LogP contribution in [-0.2, 0) is 0 Å². The highest BCUT2D eigenvalue weighted by atomic mass is 79.9. The number of benzene rings is 1. The Morgan fingerprint density at radius 1 is 1.53 bits per heavy atom. The summed E-state index contributed by atoms with van der Waals surface area (Å²) in [5.74, 6) is 0.0544. The standard InChI is InChI=1S/C11H15BrFNO/c1-3-15-11-9(7(2)6-14)4-8(12)5-10(11)13/h4-5,7H,3,6,14H2,1-2H3. The zero-order chi connectivity index (χ0) is 11.4. The van der Waals surface area contributed by atoms with E-state index in [0.29, 0.717) is 23.4 Å². The molecule has 0 saturated carbocycles. The molecule has 0 radical (unpaired) electrons. The molecule has 0 amide bonds. The molecule has 0 aliphatic heterocycles. The minimum Gasteiger partial charge on any atom is -0.491 e. The molecule has 0 aliphatic rings. The van der Waals surface area contributed by atoms with Gasteiger partial charge in [-0.2, -0.15) is 0 Å². The van der Waals surface area contributed by atoms with Gasteiger partial charge in [-0.15, -0.1) is 0 Å². The first-order valence-corrected chi connectivity index (χ1v) is 5.71. The summed E-state index contributed by atoms with van der Waals surface area (Å²) >= 11 is 3.26. The van der Waals surface area contributed by atoms with Gasteiger partial charge in [-0.25, -0.2) is 4.39 Å². The van der Waals surface area contributed by atoms with Crippen molar-refractivity contribution in [2.45, 2.75) is 19.8 Å². The molecule has 1 aromatic carbocycles. The quantitative estimate of drug-likeness (QED) is 0.917. The van der Waals surface area contributed by atoms with Crippen molar-refractivity contribution in [1.82, 2.24) is 0 Å². The van der Waals surface area contributed by atoms with Crippen LogP contribution in [0.25, 0.3) is 0 Å². The fourth-order valence-electron chi connectivity index (χ4n) is 1.37. The van der Waals surface area contributed by atoms with Crippen LogP contribution in [0, 0.1) is 5.82 Å². The molecule has 15 heavy (non-hydrogen) atoms. The van der Waals surface area contributed by atoms with E-state index in [9.17, 15) is 4.39 Å². The zero-order valence-electron chi connectivity index (χ0n) is 8.89. The highest BCUT2D eigenvalue weighted by Crippen LogP contribution is 2.32. The summed E-state index contributed by atoms with van der Waals surface area (Å²) in [5, 5.41) is 0. The molecule has 0 spiro atoms. The molecule has 1 aromatic rings. The zero-order valence-corrected chi connectivity index (χ0v) is 10.5. The normalized spacial score (nSPS) is 12.6. The lowest BCUT2D eigenvalue weighted by Crippen LogP contribution is -2.11. The van der Waals surface area contributed by atoms with Gasteiger partial charge in [0.2, 0.25) is 0 Å². The molecule has 0 aliphatic carbocycles. The predicted molar refractivity (Wildman–Crippen MR) is 62.7 cm³/mol. The lowest BCUT2D eigenvalue weighted by atomic mass is 10.0. The van der Waals surface area contributed by atoms with Crippen LogP contribution >= 0.6 is 15.9 Å². The third-order valence-electron chi connectivity index (χ3n) is 2.21. The fraction of sp³-hybridized carbons (Fsp3) is 0.455. The van der Waals surface area contributed by atoms with Crippen LogP contribution in [0.1, 0.15) is 25.3 Å². The van der Waals surface area contributed by atoms with E-state index in [0.717, 1.165) is 5.56 Å². The second kappa shape index (κ2) is 5.47. The van der Waals surface area contributed by atoms with E-state index in [1.165, 1.54) is 6.07 Å². The average Bonchev–Trinajstić information content (AvgIpc) is 2.20. The van der Waals surface area contributed by atoms with Gasteiger partial charge in [0, 0.05) is 10.0 Å². The van der Waals surface area contributed by atoms with E-state index in [4.69, 9.17) is 10.5 Å². The summed E-state index contributed by atoms with van der Waals surface area (Å²) in [7, 11) is 0. The molecule has 0 fully saturated rings. The number of hydrogen-bond donors (Lipinski definition) is 1. The Bertz CT molecular complexity index is 344. The van der Waals surface area contributed by atoms with Gasteiger partial charge < -0.3 is 10.5 Å². The van der Waals surface area contributed by atoms with E-state index in [1.54, 1.807) is 0 Å². The van der Waals surface area contributed by atoms with Gasteiger partial charge in [0.05, 0.1) is 6.61 Å². The molecule has 1 atom stereocenters. The number of hydrogen-bond acceptors (Lipinski definition) is 2. The summed E-state index contributed by atoms with van der Waals surface area (Å²) in [6, 6.07) is 3.25. The van der Waals surface area contributed by atoms with Crippen molar-refractivity contribution in [3.8, 4) is 5.75 Å². The van der Waals surface area contributed by atoms with Crippen molar-refractivity contribution in [2.24, 2.45) is 5.73 Å². The molecule has 84 valence electrons. The Labute approximate surface area is 97.7 Å². The number of halogens is 2. The van der Waals surface area contributed by atoms with Crippen molar-refractivity contribution in [3.63, 3.8) is 0 Å². The van der Waals surface area contributed by atoms with Gasteiger partial charge in [0.25, 0.3) is 0 Å². The third-order valence-corrected chi connectivity index (χ3v) is 2.67. The Morgan fingerprint density at radius 3 is 2.73 bits per heavy atom. The molecule has 0 bridgehead atoms. The molecule has 0 saturated heterocycles. The molecule has 2 N–H and O–H groups in total. The maximum absolute atomic E-state index is 13.6. The monoisotopic (exact) mass is 275 g/mol. The van der Waals surface area contributed by atoms with Crippen LogP contribution in [0.15, 0.2) is 16.6 Å². The second-order valence-electron chi connectivity index (χ2n) is 3.38. The summed E-state index contributed by atoms with van der Waals surface area (Å²) in [5.41, 5.74) is 6.39. The first kappa shape index (κ1) is 12.5. The Kier molecular flexibility index (Phi) is 4.54. The number of rotatable bonds is 4. The highest BCUT2D eigenvalue weighted by Gasteiger charge is 2.15. The molecule has 1 unspecified atom stereocenters. The largest absolute Gasteiger partial charge is 0.491 e. The molecular formula is C11H15BrFNO. The smallest absolute Gasteiger partial charge is 0.166 e. The second-order valence-corrected chi connectivity index (χ2v) is 4.29. The minimum absolute atomic E-state index is 0.0820. The van der Waals surface area contributed by atoms with E-state index in [-0.39, 0.29) is 11.7 Å². The fourth-order valence-corrected chi connectivity index (χ4v) is 1.82. The summed E-state index contributed by atoms with van der Waals surface area (Å²) < 4.78 is 19.6. The van der Waals surface area contributed by atoms with Gasteiger partial charge in [-0.3, -0.25) is 0 Å². The average molecular weight is 276 g/mol. The Morgan fingerprint density at radius 2 is 2.20 bits per heavy atom. The summed E-state index contributed by atoms with van der Waals surface area (Å²) in [6.45, 7) is 4.70. The van der Waals surface area contributed by atoms with E-state index in [2.05, 4.69) is 15.9 Å². The predicted octanol–water partition coefficient (Wildman–Crippen LogP) is 3.05. The van der Waals surface area contributed by atoms with Crippen molar-refractivity contribution >= 4 is 15.9 Å². The van der Waals surface area contributed by atoms with Gasteiger partial charge in [-0.05, 0) is 31.5 Å². The van der Waals surface area contributed by atoms with Crippen LogP contribution in [0.5, 0.6) is 5.75 Å². The molecular weight excluding hydrogens is 261 g/mol. The molecule has 0 aromatic heterocycles. The van der Waals surface area contributed by atoms with Gasteiger partial charge in [0.1, 0.15) is 0 Å². The van der Waals surface area contributed by atoms with E-state index >= 15 is 0 Å². The van der Waals surface area contributed by atoms with Gasteiger partial charge in [-0.1, -0.05) is 22.9 Å². The van der Waals surface area contributed by atoms with Crippen molar-refractivity contribution in [2.75, 3.05) is 13.2 Å². The van der Waals surface area contributed by atoms with Crippen LogP contribution in [0.4, 0.5) is 4.39 Å². The maximum atomic E-state index is 13.6. The summed E-state index contributed by atoms with van der Waals surface area (Å²) in [4.78, 5) is 0. The number of ether oxygens (including phenoxy) is 1. The lowest BCUT2D eigenvalue weighted by molar-refractivity contribution is 0.316. The van der Waals surface area contributed by atoms with Crippen molar-refractivity contribution < 1.29 is 9.13 Å². The molecule has 2 nitrogen and oxygen atoms in total. The Hall–Kier alpha value is -0.610.